The Kier molecular flexibility index (Phi) is 12.5. The molecule has 0 aromatic heterocycles. The fourth-order valence-electron chi connectivity index (χ4n) is 6.07. The maximum absolute atomic E-state index is 12.9. The Morgan fingerprint density at radius 2 is 1.11 bits per heavy atom. The van der Waals surface area contributed by atoms with Crippen molar-refractivity contribution in [3.8, 4) is 0 Å². The van der Waals surface area contributed by atoms with Crippen molar-refractivity contribution in [1.29, 1.82) is 0 Å². The van der Waals surface area contributed by atoms with Crippen LogP contribution in [0.2, 0.25) is 0 Å². The molecule has 53 heavy (non-hydrogen) atoms. The van der Waals surface area contributed by atoms with Crippen LogP contribution >= 0.6 is 0 Å². The molecule has 2 spiro atoms. The van der Waals surface area contributed by atoms with E-state index in [1.165, 1.54) is 4.90 Å². The number of nitrogens with one attached hydrogen (secondary N) is 3. The second kappa shape index (κ2) is 16.2. The Hall–Kier alpha value is -5.16. The normalized spacial score (nSPS) is 18.9. The molecule has 286 valence electrons. The zero-order chi connectivity index (χ0) is 39.2. The number of para-hydroxylation sites is 1. The third-order valence-electron chi connectivity index (χ3n) is 8.83. The number of anilines is 1. The van der Waals surface area contributed by atoms with E-state index in [1.54, 1.807) is 79.1 Å². The van der Waals surface area contributed by atoms with Crippen LogP contribution in [-0.4, -0.2) is 111 Å². The average Bonchev–Trinajstić information content (AvgIpc) is 3.49. The Balaban J connectivity index is 0.000000197. The second-order valence-corrected chi connectivity index (χ2v) is 15.2. The van der Waals surface area contributed by atoms with Crippen LogP contribution in [0.15, 0.2) is 60.7 Å². The van der Waals surface area contributed by atoms with Gasteiger partial charge in [-0.05, 0) is 84.8 Å². The minimum absolute atomic E-state index is 0.257. The van der Waals surface area contributed by atoms with Crippen LogP contribution in [0.3, 0.4) is 0 Å². The van der Waals surface area contributed by atoms with Crippen molar-refractivity contribution in [1.82, 2.24) is 25.8 Å². The second-order valence-electron chi connectivity index (χ2n) is 15.2. The molecule has 0 aliphatic carbocycles. The highest BCUT2D eigenvalue weighted by Crippen LogP contribution is 2.33. The number of imide groups is 2. The summed E-state index contributed by atoms with van der Waals surface area (Å²) in [6, 6.07) is 16.6. The summed E-state index contributed by atoms with van der Waals surface area (Å²) in [5.41, 5.74) is -1.81. The van der Waals surface area contributed by atoms with E-state index in [0.717, 1.165) is 0 Å². The molecule has 0 unspecified atom stereocenters. The molecule has 6 rings (SSSR count). The number of carbonyl (C=O) groups excluding carboxylic acids is 6. The van der Waals surface area contributed by atoms with Crippen LogP contribution in [0.4, 0.5) is 24.9 Å². The number of amides is 8. The highest BCUT2D eigenvalue weighted by molar-refractivity contribution is 6.58. The molecule has 0 atom stereocenters. The smallest absolute Gasteiger partial charge is 0.444 e. The summed E-state index contributed by atoms with van der Waals surface area (Å²) in [6.45, 7) is 12.4. The first-order valence-electron chi connectivity index (χ1n) is 17.5. The predicted octanol–water partition coefficient (Wildman–Crippen LogP) is 2.47. The van der Waals surface area contributed by atoms with Crippen LogP contribution in [0.25, 0.3) is 0 Å². The maximum Gasteiger partial charge on any atom is 0.488 e. The summed E-state index contributed by atoms with van der Waals surface area (Å²) in [5.74, 6) is -0.561. The molecule has 4 saturated heterocycles. The average molecular weight is 737 g/mol. The Morgan fingerprint density at radius 3 is 1.49 bits per heavy atom. The van der Waals surface area contributed by atoms with E-state index in [9.17, 15) is 28.8 Å². The highest BCUT2D eigenvalue weighted by Gasteiger charge is 2.53. The van der Waals surface area contributed by atoms with E-state index >= 15 is 0 Å². The monoisotopic (exact) mass is 736 g/mol. The first-order chi connectivity index (χ1) is 24.7. The minimum Gasteiger partial charge on any atom is -0.444 e. The lowest BCUT2D eigenvalue weighted by Gasteiger charge is -2.37. The molecular weight excluding hydrogens is 687 g/mol. The summed E-state index contributed by atoms with van der Waals surface area (Å²) in [7, 11) is -1.34. The van der Waals surface area contributed by atoms with Crippen LogP contribution < -0.4 is 26.3 Å². The fourth-order valence-corrected chi connectivity index (χ4v) is 6.07. The van der Waals surface area contributed by atoms with Gasteiger partial charge in [-0.15, -0.1) is 0 Å². The van der Waals surface area contributed by atoms with Gasteiger partial charge in [0.2, 0.25) is 0 Å². The first-order valence-corrected chi connectivity index (χ1v) is 17.5. The largest absolute Gasteiger partial charge is 0.488 e. The Morgan fingerprint density at radius 1 is 0.679 bits per heavy atom. The standard InChI is InChI=1S/C18H23N3O4.C12H19N3O4.C6H7BO2/c1-17(2,3)25-16(24)20-11-9-18(10-12-20)14(22)21(15(23)19-18)13-7-5-4-6-8-13;1-11(2,3)19-10(18)15-6-4-12(5-7-15)8(16)13-9(17)14-12;8-7(9)6-4-2-1-3-5-6/h4-8H,9-12H2,1-3H3,(H,19,23);4-7H2,1-3H3,(H2,13,14,16,17);1-5,8-9H. The molecule has 0 saturated carbocycles. The first kappa shape index (κ1) is 40.6. The molecular formula is C36H49BN6O10. The van der Waals surface area contributed by atoms with Crippen molar-refractivity contribution >= 4 is 54.3 Å². The minimum atomic E-state index is -1.34. The number of benzene rings is 2. The van der Waals surface area contributed by atoms with Gasteiger partial charge in [0.15, 0.2) is 0 Å². The van der Waals surface area contributed by atoms with Gasteiger partial charge in [0.05, 0.1) is 5.69 Å². The van der Waals surface area contributed by atoms with Gasteiger partial charge in [0, 0.05) is 26.2 Å². The van der Waals surface area contributed by atoms with Crippen molar-refractivity contribution in [2.75, 3.05) is 31.1 Å². The van der Waals surface area contributed by atoms with Crippen molar-refractivity contribution in [3.63, 3.8) is 0 Å². The van der Waals surface area contributed by atoms with Gasteiger partial charge in [-0.2, -0.15) is 0 Å². The van der Waals surface area contributed by atoms with Gasteiger partial charge in [-0.1, -0.05) is 48.5 Å². The van der Waals surface area contributed by atoms with E-state index in [2.05, 4.69) is 16.0 Å². The van der Waals surface area contributed by atoms with E-state index < -0.39 is 41.5 Å². The Bertz CT molecular complexity index is 1650. The zero-order valence-electron chi connectivity index (χ0n) is 31.0. The summed E-state index contributed by atoms with van der Waals surface area (Å²) >= 11 is 0. The lowest BCUT2D eigenvalue weighted by atomic mass is 9.81. The van der Waals surface area contributed by atoms with Crippen molar-refractivity contribution in [3.05, 3.63) is 60.7 Å². The number of nitrogens with zero attached hydrogens (tertiary/aromatic N) is 3. The number of ether oxygens (including phenoxy) is 2. The van der Waals surface area contributed by atoms with Gasteiger partial charge >= 0.3 is 31.4 Å². The topological polar surface area (TPSA) is 207 Å². The zero-order valence-corrected chi connectivity index (χ0v) is 31.0. The summed E-state index contributed by atoms with van der Waals surface area (Å²) < 4.78 is 10.6. The molecule has 2 aromatic carbocycles. The van der Waals surface area contributed by atoms with Crippen LogP contribution in [0.5, 0.6) is 0 Å². The van der Waals surface area contributed by atoms with Gasteiger partial charge < -0.3 is 40.0 Å². The number of hydrogen-bond donors (Lipinski definition) is 5. The molecule has 4 fully saturated rings. The van der Waals surface area contributed by atoms with Crippen LogP contribution in [0.1, 0.15) is 67.2 Å². The molecule has 16 nitrogen and oxygen atoms in total. The number of rotatable bonds is 2. The lowest BCUT2D eigenvalue weighted by Crippen LogP contribution is -2.56. The molecule has 17 heteroatoms. The third kappa shape index (κ3) is 10.5. The Labute approximate surface area is 309 Å². The third-order valence-corrected chi connectivity index (χ3v) is 8.83. The van der Waals surface area contributed by atoms with E-state index in [4.69, 9.17) is 19.5 Å². The summed E-state index contributed by atoms with van der Waals surface area (Å²) in [5, 5.41) is 24.9. The highest BCUT2D eigenvalue weighted by atomic mass is 16.6. The van der Waals surface area contributed by atoms with Crippen LogP contribution in [-0.2, 0) is 19.1 Å². The summed E-state index contributed by atoms with van der Waals surface area (Å²) in [6.07, 6.45) is 0.791. The fraction of sp³-hybridized carbons (Fsp3) is 0.500. The molecule has 0 radical (unpaired) electrons. The van der Waals surface area contributed by atoms with Crippen molar-refractivity contribution < 1.29 is 48.3 Å². The van der Waals surface area contributed by atoms with Crippen LogP contribution in [0, 0.1) is 0 Å². The lowest BCUT2D eigenvalue weighted by molar-refractivity contribution is -0.125. The summed E-state index contributed by atoms with van der Waals surface area (Å²) in [4.78, 5) is 76.6. The van der Waals surface area contributed by atoms with E-state index in [-0.39, 0.29) is 24.0 Å². The SMILES string of the molecule is CC(C)(C)OC(=O)N1CCC2(CC1)NC(=O)N(c1ccccc1)C2=O.CC(C)(C)OC(=O)N1CCC2(CC1)NC(=O)NC2=O.OB(O)c1ccccc1. The predicted molar refractivity (Wildman–Crippen MR) is 195 cm³/mol. The number of likely N-dealkylation sites (tertiary alicyclic amines) is 2. The van der Waals surface area contributed by atoms with Gasteiger partial charge in [0.25, 0.3) is 11.8 Å². The number of carbonyl (C=O) groups is 6. The molecule has 2 aromatic rings. The maximum atomic E-state index is 12.9. The molecule has 4 aliphatic heterocycles. The van der Waals surface area contributed by atoms with Crippen molar-refractivity contribution in [2.45, 2.75) is 89.5 Å². The van der Waals surface area contributed by atoms with Crippen molar-refractivity contribution in [2.24, 2.45) is 0 Å². The van der Waals surface area contributed by atoms with Gasteiger partial charge in [-0.3, -0.25) is 14.9 Å². The molecule has 4 heterocycles. The van der Waals surface area contributed by atoms with E-state index in [0.29, 0.717) is 63.0 Å². The molecule has 5 N–H and O–H groups in total. The number of piperidine rings is 2. The quantitative estimate of drug-likeness (QED) is 0.225. The molecule has 8 amide bonds. The molecule has 0 bridgehead atoms. The number of hydrogen-bond acceptors (Lipinski definition) is 10. The van der Waals surface area contributed by atoms with Gasteiger partial charge in [0.1, 0.15) is 22.3 Å². The number of urea groups is 2. The van der Waals surface area contributed by atoms with E-state index in [1.807, 2.05) is 32.9 Å². The van der Waals surface area contributed by atoms with Gasteiger partial charge in [-0.25, -0.2) is 24.1 Å². The molecule has 4 aliphatic rings.